The van der Waals surface area contributed by atoms with E-state index in [1.165, 1.54) is 0 Å². The molecule has 3 aromatic rings. The molecule has 24 heavy (non-hydrogen) atoms. The molecule has 0 amide bonds. The van der Waals surface area contributed by atoms with Crippen molar-refractivity contribution >= 4 is 17.2 Å². The fourth-order valence-corrected chi connectivity index (χ4v) is 3.16. The van der Waals surface area contributed by atoms with Crippen LogP contribution < -0.4 is 4.90 Å². The van der Waals surface area contributed by atoms with E-state index in [1.54, 1.807) is 24.0 Å². The van der Waals surface area contributed by atoms with E-state index >= 15 is 0 Å². The van der Waals surface area contributed by atoms with Gasteiger partial charge in [0.25, 0.3) is 0 Å². The predicted octanol–water partition coefficient (Wildman–Crippen LogP) is 1.90. The molecule has 1 aliphatic heterocycles. The summed E-state index contributed by atoms with van der Waals surface area (Å²) in [4.78, 5) is 18.3. The van der Waals surface area contributed by atoms with Gasteiger partial charge in [-0.15, -0.1) is 15.3 Å². The maximum Gasteiger partial charge on any atom is 0.180 e. The molecule has 0 radical (unpaired) electrons. The van der Waals surface area contributed by atoms with Gasteiger partial charge in [0, 0.05) is 48.1 Å². The van der Waals surface area contributed by atoms with Gasteiger partial charge >= 0.3 is 0 Å². The van der Waals surface area contributed by atoms with E-state index in [0.29, 0.717) is 12.1 Å². The summed E-state index contributed by atoms with van der Waals surface area (Å²) < 4.78 is 1.72. The molecule has 0 aromatic carbocycles. The Balaban J connectivity index is 1.75. The molecule has 7 heteroatoms. The van der Waals surface area contributed by atoms with Gasteiger partial charge in [0.05, 0.1) is 0 Å². The number of aryl methyl sites for hydroxylation is 1. The molecular weight excluding hydrogens is 304 g/mol. The lowest BCUT2D eigenvalue weighted by molar-refractivity contribution is 0.101. The first-order valence-corrected chi connectivity index (χ1v) is 7.95. The van der Waals surface area contributed by atoms with Gasteiger partial charge in [0.1, 0.15) is 6.33 Å². The molecule has 0 aliphatic carbocycles. The fraction of sp³-hybridized carbons (Fsp3) is 0.353. The van der Waals surface area contributed by atoms with E-state index in [1.807, 2.05) is 13.0 Å². The molecule has 0 atom stereocenters. The van der Waals surface area contributed by atoms with E-state index in [9.17, 15) is 4.79 Å². The molecule has 0 fully saturated rings. The van der Waals surface area contributed by atoms with Crippen molar-refractivity contribution in [2.24, 2.45) is 0 Å². The summed E-state index contributed by atoms with van der Waals surface area (Å²) in [6.07, 6.45) is 4.14. The van der Waals surface area contributed by atoms with Crippen LogP contribution in [-0.4, -0.2) is 37.1 Å². The van der Waals surface area contributed by atoms with Crippen molar-refractivity contribution in [1.82, 2.24) is 24.8 Å². The van der Waals surface area contributed by atoms with Gasteiger partial charge in [-0.05, 0) is 32.4 Å². The van der Waals surface area contributed by atoms with Crippen LogP contribution in [0.5, 0.6) is 0 Å². The number of ketones is 1. The molecule has 0 bridgehead atoms. The lowest BCUT2D eigenvalue weighted by Crippen LogP contribution is -2.33. The second-order valence-corrected chi connectivity index (χ2v) is 6.23. The van der Waals surface area contributed by atoms with Crippen LogP contribution in [0.4, 0.5) is 5.82 Å². The van der Waals surface area contributed by atoms with Crippen molar-refractivity contribution in [2.45, 2.75) is 33.7 Å². The van der Waals surface area contributed by atoms with Gasteiger partial charge in [0.2, 0.25) is 0 Å². The zero-order valence-corrected chi connectivity index (χ0v) is 13.9. The lowest BCUT2D eigenvalue weighted by Gasteiger charge is -2.30. The van der Waals surface area contributed by atoms with Crippen molar-refractivity contribution in [3.63, 3.8) is 0 Å². The van der Waals surface area contributed by atoms with Crippen LogP contribution in [0.3, 0.4) is 0 Å². The lowest BCUT2D eigenvalue weighted by atomic mass is 10.0. The first kappa shape index (κ1) is 14.7. The van der Waals surface area contributed by atoms with E-state index in [0.717, 1.165) is 46.8 Å². The highest BCUT2D eigenvalue weighted by Gasteiger charge is 2.22. The van der Waals surface area contributed by atoms with E-state index in [-0.39, 0.29) is 5.78 Å². The monoisotopic (exact) mass is 322 g/mol. The number of anilines is 1. The average molecular weight is 322 g/mol. The molecule has 7 nitrogen and oxygen atoms in total. The van der Waals surface area contributed by atoms with Gasteiger partial charge < -0.3 is 4.90 Å². The fourth-order valence-electron chi connectivity index (χ4n) is 3.16. The molecule has 122 valence electrons. The molecular formula is C17H18N6O. The maximum atomic E-state index is 11.6. The zero-order chi connectivity index (χ0) is 16.8. The number of fused-ring (bicyclic) bond motifs is 2. The first-order chi connectivity index (χ1) is 11.5. The van der Waals surface area contributed by atoms with Crippen molar-refractivity contribution in [3.8, 4) is 0 Å². The van der Waals surface area contributed by atoms with E-state index in [4.69, 9.17) is 0 Å². The number of carbonyl (C=O) groups excluding carboxylic acids is 1. The molecule has 4 heterocycles. The third-order valence-corrected chi connectivity index (χ3v) is 4.71. The third-order valence-electron chi connectivity index (χ3n) is 4.71. The minimum Gasteiger partial charge on any atom is -0.350 e. The first-order valence-electron chi connectivity index (χ1n) is 7.95. The van der Waals surface area contributed by atoms with E-state index < -0.39 is 0 Å². The number of aromatic nitrogens is 5. The highest BCUT2D eigenvalue weighted by atomic mass is 16.1. The Morgan fingerprint density at radius 3 is 2.88 bits per heavy atom. The quantitative estimate of drug-likeness (QED) is 0.671. The normalized spacial score (nSPS) is 14.0. The largest absolute Gasteiger partial charge is 0.350 e. The van der Waals surface area contributed by atoms with Gasteiger partial charge in [-0.2, -0.15) is 4.52 Å². The van der Waals surface area contributed by atoms with Crippen molar-refractivity contribution in [2.75, 3.05) is 11.4 Å². The highest BCUT2D eigenvalue weighted by Crippen LogP contribution is 2.27. The van der Waals surface area contributed by atoms with Crippen LogP contribution in [0.2, 0.25) is 0 Å². The summed E-state index contributed by atoms with van der Waals surface area (Å²) in [7, 11) is 0. The van der Waals surface area contributed by atoms with Gasteiger partial charge in [-0.1, -0.05) is 0 Å². The highest BCUT2D eigenvalue weighted by molar-refractivity contribution is 5.93. The topological polar surface area (TPSA) is 76.3 Å². The number of hydrogen-bond donors (Lipinski definition) is 0. The summed E-state index contributed by atoms with van der Waals surface area (Å²) in [5.74, 6) is 0.970. The molecule has 0 spiro atoms. The van der Waals surface area contributed by atoms with Crippen molar-refractivity contribution in [3.05, 3.63) is 46.5 Å². The number of rotatable bonds is 2. The Labute approximate surface area is 139 Å². The Kier molecular flexibility index (Phi) is 3.30. The van der Waals surface area contributed by atoms with Crippen LogP contribution in [0.25, 0.3) is 5.65 Å². The van der Waals surface area contributed by atoms with Gasteiger partial charge in [0.15, 0.2) is 17.2 Å². The molecule has 0 unspecified atom stereocenters. The number of hydrogen-bond acceptors (Lipinski definition) is 6. The maximum absolute atomic E-state index is 11.6. The zero-order valence-electron chi connectivity index (χ0n) is 13.9. The van der Waals surface area contributed by atoms with Crippen molar-refractivity contribution in [1.29, 1.82) is 0 Å². The number of Topliss-reactive ketones (excluding diaryl/α,β-unsaturated/α-hetero) is 1. The predicted molar refractivity (Wildman–Crippen MR) is 89.3 cm³/mol. The van der Waals surface area contributed by atoms with Crippen LogP contribution in [0.1, 0.15) is 39.7 Å². The third kappa shape index (κ3) is 2.24. The minimum atomic E-state index is 0.0403. The van der Waals surface area contributed by atoms with Crippen LogP contribution in [0.15, 0.2) is 18.6 Å². The number of nitrogens with zero attached hydrogens (tertiary/aromatic N) is 6. The summed E-state index contributed by atoms with van der Waals surface area (Å²) >= 11 is 0. The Morgan fingerprint density at radius 1 is 1.25 bits per heavy atom. The Hall–Kier alpha value is -2.83. The number of pyridine rings is 1. The number of carbonyl (C=O) groups is 1. The molecule has 0 saturated carbocycles. The van der Waals surface area contributed by atoms with E-state index in [2.05, 4.69) is 32.1 Å². The molecule has 0 saturated heterocycles. The molecule has 0 N–H and O–H groups in total. The smallest absolute Gasteiger partial charge is 0.180 e. The van der Waals surface area contributed by atoms with Crippen LogP contribution >= 0.6 is 0 Å². The van der Waals surface area contributed by atoms with Crippen LogP contribution in [-0.2, 0) is 13.0 Å². The second kappa shape index (κ2) is 5.36. The summed E-state index contributed by atoms with van der Waals surface area (Å²) in [6.45, 7) is 7.22. The Morgan fingerprint density at radius 2 is 2.08 bits per heavy atom. The van der Waals surface area contributed by atoms with Gasteiger partial charge in [-0.3, -0.25) is 9.78 Å². The average Bonchev–Trinajstić information content (AvgIpc) is 3.05. The summed E-state index contributed by atoms with van der Waals surface area (Å²) in [5, 5.41) is 12.7. The standard InChI is InChI=1S/C17H18N6O/c1-10-11(2)17(21-23-9-19-20-16(10)23)22-5-4-15-14(8-22)6-13(7-18-15)12(3)24/h6-7,9H,4-5,8H2,1-3H3. The Bertz CT molecular complexity index is 961. The SMILES string of the molecule is CC(=O)c1cnc2c(c1)CN(c1nn3cnnc3c(C)c1C)CC2. The second-order valence-electron chi connectivity index (χ2n) is 6.23. The molecule has 3 aromatic heterocycles. The summed E-state index contributed by atoms with van der Waals surface area (Å²) in [6, 6.07) is 1.95. The molecule has 1 aliphatic rings. The minimum absolute atomic E-state index is 0.0403. The summed E-state index contributed by atoms with van der Waals surface area (Å²) in [5.41, 5.74) is 5.79. The van der Waals surface area contributed by atoms with Crippen molar-refractivity contribution < 1.29 is 4.79 Å². The molecule has 4 rings (SSSR count). The van der Waals surface area contributed by atoms with Gasteiger partial charge in [-0.25, -0.2) is 0 Å². The van der Waals surface area contributed by atoms with Crippen LogP contribution in [0, 0.1) is 13.8 Å².